The van der Waals surface area contributed by atoms with Crippen LogP contribution in [0.1, 0.15) is 40.2 Å². The maximum absolute atomic E-state index is 12.9. The van der Waals surface area contributed by atoms with Crippen LogP contribution in [0.15, 0.2) is 42.5 Å². The number of ether oxygens (including phenoxy) is 3. The van der Waals surface area contributed by atoms with Gasteiger partial charge in [0.25, 0.3) is 0 Å². The minimum absolute atomic E-state index is 0.321. The second-order valence-electron chi connectivity index (χ2n) is 8.02. The first-order valence-corrected chi connectivity index (χ1v) is 9.04. The van der Waals surface area contributed by atoms with Gasteiger partial charge < -0.3 is 14.2 Å². The van der Waals surface area contributed by atoms with E-state index in [0.29, 0.717) is 6.42 Å². The van der Waals surface area contributed by atoms with Gasteiger partial charge in [-0.1, -0.05) is 30.3 Å². The molecule has 2 atom stereocenters. The van der Waals surface area contributed by atoms with Gasteiger partial charge in [-0.05, 0) is 52.7 Å². The molecule has 1 heterocycles. The van der Waals surface area contributed by atoms with Crippen molar-refractivity contribution in [1.82, 2.24) is 4.90 Å². The normalized spacial score (nSPS) is 22.1. The van der Waals surface area contributed by atoms with E-state index in [1.54, 1.807) is 11.0 Å². The Morgan fingerprint density at radius 3 is 2.41 bits per heavy atom. The summed E-state index contributed by atoms with van der Waals surface area (Å²) in [5.74, 6) is -0.467. The minimum Gasteiger partial charge on any atom is -0.466 e. The fourth-order valence-electron chi connectivity index (χ4n) is 3.15. The molecule has 148 valence electrons. The molecule has 6 nitrogen and oxygen atoms in total. The number of amides is 1. The predicted molar refractivity (Wildman–Crippen MR) is 102 cm³/mol. The number of methoxy groups -OCH3 is 1. The van der Waals surface area contributed by atoms with Crippen molar-refractivity contribution < 1.29 is 23.8 Å². The van der Waals surface area contributed by atoms with E-state index in [-0.39, 0.29) is 6.04 Å². The van der Waals surface area contributed by atoms with Gasteiger partial charge in [-0.3, -0.25) is 4.90 Å². The van der Waals surface area contributed by atoms with Crippen LogP contribution in [-0.4, -0.2) is 47.5 Å². The molecule has 1 saturated heterocycles. The van der Waals surface area contributed by atoms with Gasteiger partial charge in [0, 0.05) is 6.08 Å². The summed E-state index contributed by atoms with van der Waals surface area (Å²) in [6.07, 6.45) is 2.64. The smallest absolute Gasteiger partial charge is 0.412 e. The van der Waals surface area contributed by atoms with E-state index in [4.69, 9.17) is 9.47 Å². The lowest BCUT2D eigenvalue weighted by atomic mass is 10.00. The highest BCUT2D eigenvalue weighted by Gasteiger charge is 2.50. The molecule has 0 aliphatic carbocycles. The van der Waals surface area contributed by atoms with Gasteiger partial charge in [-0.15, -0.1) is 0 Å². The highest BCUT2D eigenvalue weighted by atomic mass is 16.6. The molecule has 6 heteroatoms. The van der Waals surface area contributed by atoms with Gasteiger partial charge in [-0.2, -0.15) is 0 Å². The lowest BCUT2D eigenvalue weighted by molar-refractivity contribution is -0.135. The number of benzene rings is 1. The molecule has 0 bridgehead atoms. The van der Waals surface area contributed by atoms with Crippen molar-refractivity contribution in [3.8, 4) is 0 Å². The van der Waals surface area contributed by atoms with Crippen molar-refractivity contribution >= 4 is 12.1 Å². The zero-order chi connectivity index (χ0) is 20.2. The number of hydrogen-bond donors (Lipinski definition) is 0. The molecule has 0 N–H and O–H groups in total. The van der Waals surface area contributed by atoms with Crippen LogP contribution in [-0.2, 0) is 25.4 Å². The first kappa shape index (κ1) is 21.0. The first-order valence-electron chi connectivity index (χ1n) is 9.04. The number of hydrogen-bond acceptors (Lipinski definition) is 5. The topological polar surface area (TPSA) is 65.1 Å². The molecule has 1 fully saturated rings. The molecular weight excluding hydrogens is 346 g/mol. The summed E-state index contributed by atoms with van der Waals surface area (Å²) in [4.78, 5) is 26.1. The molecule has 1 aromatic carbocycles. The summed E-state index contributed by atoms with van der Waals surface area (Å²) in [5.41, 5.74) is -0.439. The third-order valence-electron chi connectivity index (χ3n) is 4.22. The van der Waals surface area contributed by atoms with Crippen molar-refractivity contribution in [2.45, 2.75) is 64.5 Å². The van der Waals surface area contributed by atoms with Crippen LogP contribution >= 0.6 is 0 Å². The second-order valence-corrected chi connectivity index (χ2v) is 8.02. The SMILES string of the molecule is COC(=O)C=C[C@@H]1OC(C)(C)N(C(=O)OC(C)(C)C)[C@@H]1Cc1ccccc1. The van der Waals surface area contributed by atoms with Gasteiger partial charge in [-0.25, -0.2) is 9.59 Å². The minimum atomic E-state index is -0.882. The molecule has 1 aliphatic rings. The number of nitrogens with zero attached hydrogens (tertiary/aromatic N) is 1. The van der Waals surface area contributed by atoms with Gasteiger partial charge in [0.15, 0.2) is 0 Å². The molecule has 1 amide bonds. The molecular formula is C21H29NO5. The summed E-state index contributed by atoms with van der Waals surface area (Å²) >= 11 is 0. The third-order valence-corrected chi connectivity index (χ3v) is 4.22. The average Bonchev–Trinajstić information content (AvgIpc) is 2.82. The Bertz CT molecular complexity index is 690. The molecule has 0 aromatic heterocycles. The molecule has 0 radical (unpaired) electrons. The van der Waals surface area contributed by atoms with E-state index in [9.17, 15) is 9.59 Å². The lowest BCUT2D eigenvalue weighted by Crippen LogP contribution is -2.50. The van der Waals surface area contributed by atoms with E-state index in [0.717, 1.165) is 5.56 Å². The fraction of sp³-hybridized carbons (Fsp3) is 0.524. The summed E-state index contributed by atoms with van der Waals surface area (Å²) in [7, 11) is 1.32. The van der Waals surface area contributed by atoms with E-state index >= 15 is 0 Å². The van der Waals surface area contributed by atoms with Crippen molar-refractivity contribution in [3.63, 3.8) is 0 Å². The third kappa shape index (κ3) is 5.57. The van der Waals surface area contributed by atoms with Crippen molar-refractivity contribution in [2.75, 3.05) is 7.11 Å². The number of esters is 1. The maximum atomic E-state index is 12.9. The van der Waals surface area contributed by atoms with Gasteiger partial charge in [0.1, 0.15) is 11.3 Å². The number of carbonyl (C=O) groups is 2. The van der Waals surface area contributed by atoms with Crippen LogP contribution in [0, 0.1) is 0 Å². The van der Waals surface area contributed by atoms with Crippen LogP contribution in [0.4, 0.5) is 4.79 Å². The Balaban J connectivity index is 2.35. The predicted octanol–water partition coefficient (Wildman–Crippen LogP) is 3.70. The Morgan fingerprint density at radius 2 is 1.85 bits per heavy atom. The number of rotatable bonds is 4. The zero-order valence-corrected chi connectivity index (χ0v) is 16.9. The highest BCUT2D eigenvalue weighted by molar-refractivity contribution is 5.81. The van der Waals surface area contributed by atoms with Crippen molar-refractivity contribution in [3.05, 3.63) is 48.0 Å². The summed E-state index contributed by atoms with van der Waals surface area (Å²) < 4.78 is 16.4. The molecule has 27 heavy (non-hydrogen) atoms. The number of carbonyl (C=O) groups excluding carboxylic acids is 2. The summed E-state index contributed by atoms with van der Waals surface area (Å²) in [5, 5.41) is 0. The van der Waals surface area contributed by atoms with E-state index in [1.165, 1.54) is 13.2 Å². The van der Waals surface area contributed by atoms with Crippen LogP contribution in [0.3, 0.4) is 0 Å². The van der Waals surface area contributed by atoms with E-state index < -0.39 is 29.5 Å². The Hall–Kier alpha value is -2.34. The van der Waals surface area contributed by atoms with E-state index in [2.05, 4.69) is 4.74 Å². The second kappa shape index (κ2) is 8.13. The van der Waals surface area contributed by atoms with Gasteiger partial charge in [0.05, 0.1) is 19.3 Å². The van der Waals surface area contributed by atoms with Crippen molar-refractivity contribution in [1.29, 1.82) is 0 Å². The zero-order valence-electron chi connectivity index (χ0n) is 16.9. The lowest BCUT2D eigenvalue weighted by Gasteiger charge is -2.35. The molecule has 0 unspecified atom stereocenters. The monoisotopic (exact) mass is 375 g/mol. The molecule has 2 rings (SSSR count). The van der Waals surface area contributed by atoms with Gasteiger partial charge in [0.2, 0.25) is 0 Å². The van der Waals surface area contributed by atoms with Crippen LogP contribution in [0.25, 0.3) is 0 Å². The molecule has 1 aromatic rings. The van der Waals surface area contributed by atoms with E-state index in [1.807, 2.05) is 65.0 Å². The Labute approximate surface area is 161 Å². The largest absolute Gasteiger partial charge is 0.466 e. The Morgan fingerprint density at radius 1 is 1.22 bits per heavy atom. The average molecular weight is 375 g/mol. The van der Waals surface area contributed by atoms with Gasteiger partial charge >= 0.3 is 12.1 Å². The molecule has 0 saturated carbocycles. The van der Waals surface area contributed by atoms with Crippen molar-refractivity contribution in [2.24, 2.45) is 0 Å². The van der Waals surface area contributed by atoms with Crippen LogP contribution in [0.2, 0.25) is 0 Å². The molecule has 1 aliphatic heterocycles. The fourth-order valence-corrected chi connectivity index (χ4v) is 3.15. The quantitative estimate of drug-likeness (QED) is 0.593. The van der Waals surface area contributed by atoms with Crippen LogP contribution in [0.5, 0.6) is 0 Å². The van der Waals surface area contributed by atoms with Crippen LogP contribution < -0.4 is 0 Å². The highest BCUT2D eigenvalue weighted by Crippen LogP contribution is 2.36. The summed E-state index contributed by atoms with van der Waals surface area (Å²) in [6.45, 7) is 9.13. The first-order chi connectivity index (χ1) is 12.5. The standard InChI is InChI=1S/C21H29NO5/c1-20(2,3)27-19(24)22-16(14-15-10-8-7-9-11-15)17(26-21(22,4)5)12-13-18(23)25-6/h7-13,16-17H,14H2,1-6H3/t16-,17+/m1/s1. The maximum Gasteiger partial charge on any atom is 0.412 e. The summed E-state index contributed by atoms with van der Waals surface area (Å²) in [6, 6.07) is 9.53. The molecule has 0 spiro atoms. The Kier molecular flexibility index (Phi) is 6.31.